The number of aryl methyl sites for hydroxylation is 1. The molecule has 0 unspecified atom stereocenters. The molecule has 0 aromatic carbocycles. The summed E-state index contributed by atoms with van der Waals surface area (Å²) in [7, 11) is -1.51. The van der Waals surface area contributed by atoms with E-state index >= 15 is 0 Å². The van der Waals surface area contributed by atoms with Crippen LogP contribution in [0.25, 0.3) is 0 Å². The SMILES string of the molecule is CCc1ccc(S(=O)(=O)NCCNC)s1. The van der Waals surface area contributed by atoms with Gasteiger partial charge in [0.05, 0.1) is 0 Å². The van der Waals surface area contributed by atoms with Crippen LogP contribution in [0.4, 0.5) is 0 Å². The lowest BCUT2D eigenvalue weighted by molar-refractivity contribution is 0.581. The van der Waals surface area contributed by atoms with Gasteiger partial charge in [0.25, 0.3) is 0 Å². The average Bonchev–Trinajstić information content (AvgIpc) is 2.66. The lowest BCUT2D eigenvalue weighted by Gasteiger charge is -2.03. The van der Waals surface area contributed by atoms with Crippen molar-refractivity contribution in [3.8, 4) is 0 Å². The number of hydrogen-bond donors (Lipinski definition) is 2. The van der Waals surface area contributed by atoms with Crippen LogP contribution in [-0.4, -0.2) is 28.6 Å². The van der Waals surface area contributed by atoms with Crippen molar-refractivity contribution in [3.63, 3.8) is 0 Å². The number of thiophene rings is 1. The van der Waals surface area contributed by atoms with Gasteiger partial charge in [-0.2, -0.15) is 0 Å². The minimum atomic E-state index is -3.29. The smallest absolute Gasteiger partial charge is 0.250 e. The zero-order chi connectivity index (χ0) is 11.3. The van der Waals surface area contributed by atoms with Crippen LogP contribution < -0.4 is 10.0 Å². The largest absolute Gasteiger partial charge is 0.318 e. The van der Waals surface area contributed by atoms with Crippen LogP contribution in [-0.2, 0) is 16.4 Å². The molecule has 0 aliphatic rings. The Morgan fingerprint density at radius 3 is 2.60 bits per heavy atom. The molecular weight excluding hydrogens is 232 g/mol. The van der Waals surface area contributed by atoms with E-state index in [2.05, 4.69) is 10.0 Å². The van der Waals surface area contributed by atoms with Gasteiger partial charge < -0.3 is 5.32 Å². The van der Waals surface area contributed by atoms with Crippen LogP contribution >= 0.6 is 11.3 Å². The first kappa shape index (κ1) is 12.6. The second-order valence-corrected chi connectivity index (χ2v) is 6.24. The van der Waals surface area contributed by atoms with Crippen molar-refractivity contribution in [2.24, 2.45) is 0 Å². The number of likely N-dealkylation sites (N-methyl/N-ethyl adjacent to an activating group) is 1. The fraction of sp³-hybridized carbons (Fsp3) is 0.556. The third-order valence-electron chi connectivity index (χ3n) is 1.92. The molecule has 1 heterocycles. The van der Waals surface area contributed by atoms with E-state index in [0.29, 0.717) is 17.3 Å². The third-order valence-corrected chi connectivity index (χ3v) is 5.10. The maximum absolute atomic E-state index is 11.7. The molecule has 0 atom stereocenters. The fourth-order valence-corrected chi connectivity index (χ4v) is 3.45. The Balaban J connectivity index is 2.68. The van der Waals surface area contributed by atoms with Gasteiger partial charge in [0, 0.05) is 18.0 Å². The first-order valence-corrected chi connectivity index (χ1v) is 7.13. The highest BCUT2D eigenvalue weighted by Crippen LogP contribution is 2.21. The minimum Gasteiger partial charge on any atom is -0.318 e. The van der Waals surface area contributed by atoms with Crippen LogP contribution in [0.3, 0.4) is 0 Å². The van der Waals surface area contributed by atoms with Gasteiger partial charge in [0.1, 0.15) is 4.21 Å². The van der Waals surface area contributed by atoms with Gasteiger partial charge in [-0.15, -0.1) is 11.3 Å². The normalized spacial score (nSPS) is 11.9. The third kappa shape index (κ3) is 3.57. The Bertz CT molecular complexity index is 398. The Morgan fingerprint density at radius 1 is 1.33 bits per heavy atom. The standard InChI is InChI=1S/C9H16N2O2S2/c1-3-8-4-5-9(14-8)15(12,13)11-7-6-10-2/h4-5,10-11H,3,6-7H2,1-2H3. The molecule has 15 heavy (non-hydrogen) atoms. The molecule has 0 fully saturated rings. The maximum atomic E-state index is 11.7. The minimum absolute atomic E-state index is 0.399. The molecular formula is C9H16N2O2S2. The van der Waals surface area contributed by atoms with Gasteiger partial charge in [-0.05, 0) is 25.6 Å². The van der Waals surface area contributed by atoms with Crippen molar-refractivity contribution in [2.45, 2.75) is 17.6 Å². The topological polar surface area (TPSA) is 58.2 Å². The van der Waals surface area contributed by atoms with Crippen LogP contribution in [0.2, 0.25) is 0 Å². The molecule has 2 N–H and O–H groups in total. The summed E-state index contributed by atoms with van der Waals surface area (Å²) < 4.78 is 26.3. The van der Waals surface area contributed by atoms with E-state index in [1.165, 1.54) is 11.3 Å². The summed E-state index contributed by atoms with van der Waals surface area (Å²) in [6.07, 6.45) is 0.872. The molecule has 0 saturated carbocycles. The van der Waals surface area contributed by atoms with Gasteiger partial charge in [0.15, 0.2) is 0 Å². The fourth-order valence-electron chi connectivity index (χ4n) is 1.07. The van der Waals surface area contributed by atoms with Gasteiger partial charge in [-0.3, -0.25) is 0 Å². The van der Waals surface area contributed by atoms with E-state index in [0.717, 1.165) is 11.3 Å². The Labute approximate surface area is 94.8 Å². The molecule has 4 nitrogen and oxygen atoms in total. The zero-order valence-corrected chi connectivity index (χ0v) is 10.5. The predicted octanol–water partition coefficient (Wildman–Crippen LogP) is 0.808. The van der Waals surface area contributed by atoms with E-state index in [-0.39, 0.29) is 0 Å². The molecule has 0 saturated heterocycles. The molecule has 1 aromatic heterocycles. The Kier molecular flexibility index (Phi) is 4.72. The average molecular weight is 248 g/mol. The van der Waals surface area contributed by atoms with E-state index in [9.17, 15) is 8.42 Å². The molecule has 1 rings (SSSR count). The molecule has 0 aliphatic carbocycles. The highest BCUT2D eigenvalue weighted by molar-refractivity contribution is 7.91. The summed E-state index contributed by atoms with van der Waals surface area (Å²) >= 11 is 1.33. The quantitative estimate of drug-likeness (QED) is 0.732. The van der Waals surface area contributed by atoms with Crippen molar-refractivity contribution in [2.75, 3.05) is 20.1 Å². The molecule has 0 spiro atoms. The van der Waals surface area contributed by atoms with Gasteiger partial charge >= 0.3 is 0 Å². The zero-order valence-electron chi connectivity index (χ0n) is 8.91. The molecule has 1 aromatic rings. The van der Waals surface area contributed by atoms with Crippen molar-refractivity contribution in [3.05, 3.63) is 17.0 Å². The second-order valence-electron chi connectivity index (χ2n) is 3.08. The lowest BCUT2D eigenvalue weighted by atomic mass is 10.4. The van der Waals surface area contributed by atoms with E-state index in [1.807, 2.05) is 13.0 Å². The highest BCUT2D eigenvalue weighted by atomic mass is 32.2. The van der Waals surface area contributed by atoms with Crippen LogP contribution in [0.15, 0.2) is 16.3 Å². The van der Waals surface area contributed by atoms with E-state index in [1.54, 1.807) is 13.1 Å². The molecule has 0 aliphatic heterocycles. The molecule has 0 bridgehead atoms. The van der Waals surface area contributed by atoms with Gasteiger partial charge in [0.2, 0.25) is 10.0 Å². The molecule has 0 amide bonds. The predicted molar refractivity (Wildman–Crippen MR) is 62.8 cm³/mol. The van der Waals surface area contributed by atoms with Crippen molar-refractivity contribution < 1.29 is 8.42 Å². The number of sulfonamides is 1. The van der Waals surface area contributed by atoms with E-state index < -0.39 is 10.0 Å². The summed E-state index contributed by atoms with van der Waals surface area (Å²) in [5.74, 6) is 0. The Morgan fingerprint density at radius 2 is 2.07 bits per heavy atom. The number of hydrogen-bond acceptors (Lipinski definition) is 4. The summed E-state index contributed by atoms with van der Waals surface area (Å²) in [6, 6.07) is 3.52. The maximum Gasteiger partial charge on any atom is 0.250 e. The Hall–Kier alpha value is -0.430. The van der Waals surface area contributed by atoms with Crippen molar-refractivity contribution in [1.29, 1.82) is 0 Å². The second kappa shape index (κ2) is 5.60. The summed E-state index contributed by atoms with van der Waals surface area (Å²) in [4.78, 5) is 1.09. The molecule has 86 valence electrons. The number of rotatable bonds is 6. The summed E-state index contributed by atoms with van der Waals surface area (Å²) in [6.45, 7) is 3.06. The molecule has 0 radical (unpaired) electrons. The summed E-state index contributed by atoms with van der Waals surface area (Å²) in [5, 5.41) is 2.88. The van der Waals surface area contributed by atoms with E-state index in [4.69, 9.17) is 0 Å². The van der Waals surface area contributed by atoms with Crippen LogP contribution in [0, 0.1) is 0 Å². The van der Waals surface area contributed by atoms with Gasteiger partial charge in [-0.1, -0.05) is 6.92 Å². The summed E-state index contributed by atoms with van der Waals surface area (Å²) in [5.41, 5.74) is 0. The monoisotopic (exact) mass is 248 g/mol. The van der Waals surface area contributed by atoms with Crippen molar-refractivity contribution in [1.82, 2.24) is 10.0 Å². The highest BCUT2D eigenvalue weighted by Gasteiger charge is 2.15. The lowest BCUT2D eigenvalue weighted by Crippen LogP contribution is -2.30. The van der Waals surface area contributed by atoms with Crippen LogP contribution in [0.1, 0.15) is 11.8 Å². The van der Waals surface area contributed by atoms with Crippen molar-refractivity contribution >= 4 is 21.4 Å². The molecule has 6 heteroatoms. The number of nitrogens with one attached hydrogen (secondary N) is 2. The first-order chi connectivity index (χ1) is 7.10. The van der Waals surface area contributed by atoms with Gasteiger partial charge in [-0.25, -0.2) is 13.1 Å². The first-order valence-electron chi connectivity index (χ1n) is 4.83. The van der Waals surface area contributed by atoms with Crippen LogP contribution in [0.5, 0.6) is 0 Å².